The van der Waals surface area contributed by atoms with Crippen molar-refractivity contribution in [3.63, 3.8) is 0 Å². The average molecular weight is 463 g/mol. The second-order valence-corrected chi connectivity index (χ2v) is 9.69. The van der Waals surface area contributed by atoms with Crippen LogP contribution in [-0.4, -0.2) is 58.9 Å². The Morgan fingerprint density at radius 3 is 2.47 bits per heavy atom. The third-order valence-electron chi connectivity index (χ3n) is 7.36. The lowest BCUT2D eigenvalue weighted by Crippen LogP contribution is -2.38. The number of primary amides is 1. The van der Waals surface area contributed by atoms with E-state index >= 15 is 0 Å². The molecule has 1 aromatic heterocycles. The highest BCUT2D eigenvalue weighted by molar-refractivity contribution is 6.06. The number of halogens is 1. The van der Waals surface area contributed by atoms with Crippen LogP contribution in [0.1, 0.15) is 41.1 Å². The summed E-state index contributed by atoms with van der Waals surface area (Å²) < 4.78 is 15.0. The van der Waals surface area contributed by atoms with Crippen molar-refractivity contribution >= 4 is 22.7 Å². The number of nitrogens with zero attached hydrogens (tertiary/aromatic N) is 3. The molecule has 2 aliphatic heterocycles. The smallest absolute Gasteiger partial charge is 0.256 e. The highest BCUT2D eigenvalue weighted by Crippen LogP contribution is 2.30. The number of rotatable bonds is 6. The molecule has 178 valence electrons. The van der Waals surface area contributed by atoms with Crippen molar-refractivity contribution in [1.29, 1.82) is 0 Å². The number of carbonyl (C=O) groups excluding carboxylic acids is 2. The molecule has 5 rings (SSSR count). The SMILES string of the molecule is NC(=O)Cn1ccc2cccc(C(=O)N3CC[C@H](CN4CCC(c5ccc(F)cc5)CC4)C3)c21. The van der Waals surface area contributed by atoms with Crippen molar-refractivity contribution in [1.82, 2.24) is 14.4 Å². The van der Waals surface area contributed by atoms with Crippen LogP contribution in [0.25, 0.3) is 10.9 Å². The van der Waals surface area contributed by atoms with E-state index in [1.54, 1.807) is 16.7 Å². The highest BCUT2D eigenvalue weighted by atomic mass is 19.1. The summed E-state index contributed by atoms with van der Waals surface area (Å²) >= 11 is 0. The van der Waals surface area contributed by atoms with Crippen LogP contribution in [0.4, 0.5) is 4.39 Å². The number of aromatic nitrogens is 1. The standard InChI is InChI=1S/C27H31FN4O2/c28-23-6-4-20(5-7-23)21-9-12-30(13-10-21)16-19-8-14-32(17-19)27(34)24-3-1-2-22-11-15-31(26(22)24)18-25(29)33/h1-7,11,15,19,21H,8-10,12-14,16-18H2,(H2,29,33)/t19-/m1/s1. The summed E-state index contributed by atoms with van der Waals surface area (Å²) in [5.74, 6) is 0.370. The molecule has 2 amide bonds. The van der Waals surface area contributed by atoms with Crippen LogP contribution in [0.2, 0.25) is 0 Å². The zero-order valence-corrected chi connectivity index (χ0v) is 19.3. The fourth-order valence-corrected chi connectivity index (χ4v) is 5.62. The average Bonchev–Trinajstić information content (AvgIpc) is 3.47. The van der Waals surface area contributed by atoms with Gasteiger partial charge in [0.05, 0.1) is 11.1 Å². The molecule has 3 heterocycles. The zero-order valence-electron chi connectivity index (χ0n) is 19.3. The maximum atomic E-state index is 13.4. The molecule has 7 heteroatoms. The Morgan fingerprint density at radius 2 is 1.74 bits per heavy atom. The maximum absolute atomic E-state index is 13.4. The molecule has 0 spiro atoms. The van der Waals surface area contributed by atoms with E-state index < -0.39 is 5.91 Å². The first-order valence-corrected chi connectivity index (χ1v) is 12.1. The molecule has 2 N–H and O–H groups in total. The first-order valence-electron chi connectivity index (χ1n) is 12.1. The molecule has 0 unspecified atom stereocenters. The predicted molar refractivity (Wildman–Crippen MR) is 130 cm³/mol. The molecule has 2 aromatic carbocycles. The Bertz CT molecular complexity index is 1180. The fraction of sp³-hybridized carbons (Fsp3) is 0.407. The Labute approximate surface area is 199 Å². The van der Waals surface area contributed by atoms with Crippen molar-refractivity contribution < 1.29 is 14.0 Å². The summed E-state index contributed by atoms with van der Waals surface area (Å²) in [5.41, 5.74) is 8.04. The van der Waals surface area contributed by atoms with Gasteiger partial charge in [0.25, 0.3) is 5.91 Å². The van der Waals surface area contributed by atoms with Gasteiger partial charge < -0.3 is 20.1 Å². The number of amides is 2. The number of hydrogen-bond acceptors (Lipinski definition) is 3. The first-order chi connectivity index (χ1) is 16.5. The van der Waals surface area contributed by atoms with Gasteiger partial charge in [-0.25, -0.2) is 4.39 Å². The topological polar surface area (TPSA) is 71.6 Å². The van der Waals surface area contributed by atoms with Crippen LogP contribution in [0.5, 0.6) is 0 Å². The summed E-state index contributed by atoms with van der Waals surface area (Å²) in [5, 5.41) is 0.937. The van der Waals surface area contributed by atoms with E-state index in [2.05, 4.69) is 4.90 Å². The van der Waals surface area contributed by atoms with Crippen molar-refractivity contribution in [2.45, 2.75) is 31.7 Å². The summed E-state index contributed by atoms with van der Waals surface area (Å²) in [6.45, 7) is 4.64. The summed E-state index contributed by atoms with van der Waals surface area (Å²) in [4.78, 5) is 29.4. The lowest BCUT2D eigenvalue weighted by Gasteiger charge is -2.33. The molecule has 0 aliphatic carbocycles. The number of piperidine rings is 1. The molecular weight excluding hydrogens is 431 g/mol. The number of likely N-dealkylation sites (tertiary alicyclic amines) is 2. The second kappa shape index (κ2) is 9.58. The highest BCUT2D eigenvalue weighted by Gasteiger charge is 2.31. The van der Waals surface area contributed by atoms with E-state index in [-0.39, 0.29) is 18.3 Å². The largest absolute Gasteiger partial charge is 0.368 e. The number of carbonyl (C=O) groups is 2. The number of fused-ring (bicyclic) bond motifs is 1. The minimum Gasteiger partial charge on any atom is -0.368 e. The normalized spacial score (nSPS) is 19.7. The molecule has 0 bridgehead atoms. The fourth-order valence-electron chi connectivity index (χ4n) is 5.62. The van der Waals surface area contributed by atoms with Crippen LogP contribution >= 0.6 is 0 Å². The minimum absolute atomic E-state index is 0.0209. The van der Waals surface area contributed by atoms with Gasteiger partial charge in [-0.1, -0.05) is 24.3 Å². The summed E-state index contributed by atoms with van der Waals surface area (Å²) in [7, 11) is 0. The van der Waals surface area contributed by atoms with Gasteiger partial charge in [-0.05, 0) is 74.0 Å². The molecule has 2 aliphatic rings. The van der Waals surface area contributed by atoms with Crippen molar-refractivity contribution in [2.24, 2.45) is 11.7 Å². The Hall–Kier alpha value is -3.19. The molecule has 1 atom stereocenters. The first kappa shape index (κ1) is 22.6. The van der Waals surface area contributed by atoms with Gasteiger partial charge in [0.2, 0.25) is 5.91 Å². The van der Waals surface area contributed by atoms with Crippen LogP contribution in [-0.2, 0) is 11.3 Å². The van der Waals surface area contributed by atoms with E-state index in [1.165, 1.54) is 5.56 Å². The zero-order chi connectivity index (χ0) is 23.7. The number of benzene rings is 2. The molecule has 34 heavy (non-hydrogen) atoms. The van der Waals surface area contributed by atoms with Crippen molar-refractivity contribution in [3.05, 3.63) is 71.7 Å². The van der Waals surface area contributed by atoms with Gasteiger partial charge >= 0.3 is 0 Å². The van der Waals surface area contributed by atoms with E-state index in [9.17, 15) is 14.0 Å². The van der Waals surface area contributed by atoms with E-state index in [1.807, 2.05) is 47.5 Å². The van der Waals surface area contributed by atoms with Crippen LogP contribution < -0.4 is 5.73 Å². The van der Waals surface area contributed by atoms with Crippen molar-refractivity contribution in [3.8, 4) is 0 Å². The van der Waals surface area contributed by atoms with Crippen LogP contribution in [0.15, 0.2) is 54.7 Å². The maximum Gasteiger partial charge on any atom is 0.256 e. The van der Waals surface area contributed by atoms with Gasteiger partial charge in [0.1, 0.15) is 12.4 Å². The predicted octanol–water partition coefficient (Wildman–Crippen LogP) is 3.61. The lowest BCUT2D eigenvalue weighted by atomic mass is 9.89. The molecule has 0 radical (unpaired) electrons. The second-order valence-electron chi connectivity index (χ2n) is 9.69. The van der Waals surface area contributed by atoms with Crippen molar-refractivity contribution in [2.75, 3.05) is 32.7 Å². The van der Waals surface area contributed by atoms with Gasteiger partial charge in [-0.2, -0.15) is 0 Å². The molecule has 3 aromatic rings. The summed E-state index contributed by atoms with van der Waals surface area (Å²) in [6, 6.07) is 14.5. The quantitative estimate of drug-likeness (QED) is 0.608. The van der Waals surface area contributed by atoms with Crippen LogP contribution in [0.3, 0.4) is 0 Å². The lowest BCUT2D eigenvalue weighted by molar-refractivity contribution is -0.118. The minimum atomic E-state index is -0.427. The number of para-hydroxylation sites is 1. The third-order valence-corrected chi connectivity index (χ3v) is 7.36. The molecule has 0 saturated carbocycles. The van der Waals surface area contributed by atoms with Gasteiger partial charge in [0, 0.05) is 31.2 Å². The number of hydrogen-bond donors (Lipinski definition) is 1. The van der Waals surface area contributed by atoms with E-state index in [0.717, 1.165) is 62.9 Å². The molecule has 6 nitrogen and oxygen atoms in total. The molecular formula is C27H31FN4O2. The monoisotopic (exact) mass is 462 g/mol. The van der Waals surface area contributed by atoms with Crippen LogP contribution in [0, 0.1) is 11.7 Å². The van der Waals surface area contributed by atoms with Gasteiger partial charge in [0.15, 0.2) is 0 Å². The summed E-state index contributed by atoms with van der Waals surface area (Å²) in [6.07, 6.45) is 4.98. The Morgan fingerprint density at radius 1 is 0.971 bits per heavy atom. The van der Waals surface area contributed by atoms with Gasteiger partial charge in [-0.3, -0.25) is 9.59 Å². The van der Waals surface area contributed by atoms with E-state index in [4.69, 9.17) is 5.73 Å². The van der Waals surface area contributed by atoms with Gasteiger partial charge in [-0.15, -0.1) is 0 Å². The van der Waals surface area contributed by atoms with E-state index in [0.29, 0.717) is 17.4 Å². The number of nitrogens with two attached hydrogens (primary N) is 1. The molecule has 2 fully saturated rings. The Kier molecular flexibility index (Phi) is 6.37. The Balaban J connectivity index is 1.19. The third kappa shape index (κ3) is 4.71. The molecule has 2 saturated heterocycles.